The monoisotopic (exact) mass is 346 g/mol. The molecule has 132 valence electrons. The van der Waals surface area contributed by atoms with Crippen LogP contribution in [0, 0.1) is 0 Å². The van der Waals surface area contributed by atoms with E-state index in [0.717, 1.165) is 28.9 Å². The third kappa shape index (κ3) is 4.42. The molecule has 4 nitrogen and oxygen atoms in total. The zero-order valence-corrected chi connectivity index (χ0v) is 14.7. The molecule has 3 N–H and O–H groups in total. The van der Waals surface area contributed by atoms with Crippen LogP contribution in [0.5, 0.6) is 5.75 Å². The molecule has 0 atom stereocenters. The Hall–Kier alpha value is -3.27. The Labute approximate surface area is 153 Å². The van der Waals surface area contributed by atoms with Crippen molar-refractivity contribution in [1.82, 2.24) is 5.32 Å². The largest absolute Gasteiger partial charge is 0.497 e. The lowest BCUT2D eigenvalue weighted by Crippen LogP contribution is -2.25. The van der Waals surface area contributed by atoms with Gasteiger partial charge in [0.2, 0.25) is 0 Å². The van der Waals surface area contributed by atoms with Gasteiger partial charge in [0.25, 0.3) is 5.91 Å². The van der Waals surface area contributed by atoms with Gasteiger partial charge in [-0.1, -0.05) is 36.4 Å². The molecular formula is C22H22N2O2. The summed E-state index contributed by atoms with van der Waals surface area (Å²) in [5.74, 6) is 0.750. The first-order chi connectivity index (χ1) is 12.7. The second-order valence-corrected chi connectivity index (χ2v) is 6.06. The Kier molecular flexibility index (Phi) is 5.54. The predicted molar refractivity (Wildman–Crippen MR) is 105 cm³/mol. The molecule has 0 heterocycles. The molecule has 0 saturated carbocycles. The number of hydrogen-bond acceptors (Lipinski definition) is 3. The molecule has 0 aliphatic rings. The molecule has 3 aromatic rings. The molecule has 26 heavy (non-hydrogen) atoms. The number of hydrogen-bond donors (Lipinski definition) is 2. The van der Waals surface area contributed by atoms with E-state index in [-0.39, 0.29) is 5.91 Å². The van der Waals surface area contributed by atoms with Crippen molar-refractivity contribution in [3.63, 3.8) is 0 Å². The van der Waals surface area contributed by atoms with Gasteiger partial charge in [0, 0.05) is 17.8 Å². The third-order valence-corrected chi connectivity index (χ3v) is 4.20. The third-order valence-electron chi connectivity index (χ3n) is 4.20. The number of ether oxygens (including phenoxy) is 1. The maximum Gasteiger partial charge on any atom is 0.251 e. The Morgan fingerprint density at radius 2 is 1.65 bits per heavy atom. The van der Waals surface area contributed by atoms with Gasteiger partial charge in [-0.2, -0.15) is 0 Å². The van der Waals surface area contributed by atoms with Gasteiger partial charge in [-0.15, -0.1) is 0 Å². The molecule has 0 unspecified atom stereocenters. The number of rotatable bonds is 6. The molecule has 0 aliphatic heterocycles. The summed E-state index contributed by atoms with van der Waals surface area (Å²) in [5, 5.41) is 2.97. The van der Waals surface area contributed by atoms with Crippen LogP contribution in [0.15, 0.2) is 72.8 Å². The van der Waals surface area contributed by atoms with Crippen molar-refractivity contribution in [3.05, 3.63) is 83.9 Å². The maximum atomic E-state index is 12.4. The Balaban J connectivity index is 1.61. The van der Waals surface area contributed by atoms with Crippen LogP contribution in [0.1, 0.15) is 15.9 Å². The van der Waals surface area contributed by atoms with Crippen LogP contribution in [0.2, 0.25) is 0 Å². The molecule has 0 aliphatic carbocycles. The summed E-state index contributed by atoms with van der Waals surface area (Å²) in [7, 11) is 1.65. The normalized spacial score (nSPS) is 10.3. The average Bonchev–Trinajstić information content (AvgIpc) is 2.68. The van der Waals surface area contributed by atoms with E-state index < -0.39 is 0 Å². The van der Waals surface area contributed by atoms with Crippen molar-refractivity contribution in [2.75, 3.05) is 19.4 Å². The number of amides is 1. The van der Waals surface area contributed by atoms with Crippen molar-refractivity contribution in [2.24, 2.45) is 0 Å². The first-order valence-electron chi connectivity index (χ1n) is 8.53. The van der Waals surface area contributed by atoms with Crippen molar-refractivity contribution in [2.45, 2.75) is 6.42 Å². The minimum absolute atomic E-state index is 0.0794. The minimum Gasteiger partial charge on any atom is -0.497 e. The first kappa shape index (κ1) is 17.5. The van der Waals surface area contributed by atoms with E-state index in [9.17, 15) is 4.79 Å². The molecule has 0 aromatic heterocycles. The van der Waals surface area contributed by atoms with Gasteiger partial charge in [-0.3, -0.25) is 4.79 Å². The lowest BCUT2D eigenvalue weighted by atomic mass is 10.0. The lowest BCUT2D eigenvalue weighted by molar-refractivity contribution is 0.0954. The van der Waals surface area contributed by atoms with Crippen LogP contribution in [0.3, 0.4) is 0 Å². The summed E-state index contributed by atoms with van der Waals surface area (Å²) in [4.78, 5) is 12.4. The van der Waals surface area contributed by atoms with Gasteiger partial charge in [-0.25, -0.2) is 0 Å². The van der Waals surface area contributed by atoms with E-state index in [1.807, 2.05) is 72.8 Å². The van der Waals surface area contributed by atoms with Crippen LogP contribution in [0.25, 0.3) is 11.1 Å². The van der Waals surface area contributed by atoms with Crippen molar-refractivity contribution in [1.29, 1.82) is 0 Å². The molecule has 4 heteroatoms. The van der Waals surface area contributed by atoms with E-state index in [2.05, 4.69) is 5.32 Å². The lowest BCUT2D eigenvalue weighted by Gasteiger charge is -2.08. The van der Waals surface area contributed by atoms with E-state index >= 15 is 0 Å². The van der Waals surface area contributed by atoms with E-state index in [4.69, 9.17) is 10.5 Å². The van der Waals surface area contributed by atoms with E-state index in [1.165, 1.54) is 0 Å². The predicted octanol–water partition coefficient (Wildman–Crippen LogP) is 3.92. The Morgan fingerprint density at radius 3 is 2.35 bits per heavy atom. The molecule has 0 saturated heterocycles. The zero-order chi connectivity index (χ0) is 18.4. The molecule has 0 spiro atoms. The highest BCUT2D eigenvalue weighted by molar-refractivity contribution is 5.95. The number of carbonyl (C=O) groups excluding carboxylic acids is 1. The molecule has 1 amide bonds. The topological polar surface area (TPSA) is 64.3 Å². The summed E-state index contributed by atoms with van der Waals surface area (Å²) in [5.41, 5.74) is 10.3. The van der Waals surface area contributed by atoms with Crippen LogP contribution in [0.4, 0.5) is 5.69 Å². The fourth-order valence-corrected chi connectivity index (χ4v) is 2.77. The number of nitrogens with one attached hydrogen (secondary N) is 1. The highest BCUT2D eigenvalue weighted by Crippen LogP contribution is 2.22. The molecule has 0 bridgehead atoms. The fourth-order valence-electron chi connectivity index (χ4n) is 2.77. The highest BCUT2D eigenvalue weighted by Gasteiger charge is 2.07. The number of methoxy groups -OCH3 is 1. The second-order valence-electron chi connectivity index (χ2n) is 6.06. The van der Waals surface area contributed by atoms with Crippen molar-refractivity contribution >= 4 is 11.6 Å². The molecule has 3 rings (SSSR count). The summed E-state index contributed by atoms with van der Waals surface area (Å²) < 4.78 is 5.15. The average molecular weight is 346 g/mol. The quantitative estimate of drug-likeness (QED) is 0.665. The van der Waals surface area contributed by atoms with Gasteiger partial charge in [0.05, 0.1) is 7.11 Å². The van der Waals surface area contributed by atoms with Gasteiger partial charge >= 0.3 is 0 Å². The van der Waals surface area contributed by atoms with Crippen molar-refractivity contribution < 1.29 is 9.53 Å². The molecule has 3 aromatic carbocycles. The van der Waals surface area contributed by atoms with Gasteiger partial charge in [0.1, 0.15) is 5.75 Å². The number of nitrogens with two attached hydrogens (primary N) is 1. The summed E-state index contributed by atoms with van der Waals surface area (Å²) >= 11 is 0. The SMILES string of the molecule is COc1ccc(CCNC(=O)c2cccc(-c3cccc(N)c3)c2)cc1. The highest BCUT2D eigenvalue weighted by atomic mass is 16.5. The number of carbonyl (C=O) groups is 1. The standard InChI is InChI=1S/C22H22N2O2/c1-26-21-10-8-16(9-11-21)12-13-24-22(25)19-6-2-4-17(14-19)18-5-3-7-20(23)15-18/h2-11,14-15H,12-13,23H2,1H3,(H,24,25). The Bertz CT molecular complexity index is 889. The molecule has 0 radical (unpaired) electrons. The zero-order valence-electron chi connectivity index (χ0n) is 14.7. The molecular weight excluding hydrogens is 324 g/mol. The number of nitrogen functional groups attached to an aromatic ring is 1. The summed E-state index contributed by atoms with van der Waals surface area (Å²) in [6.45, 7) is 0.577. The van der Waals surface area contributed by atoms with Crippen LogP contribution >= 0.6 is 0 Å². The van der Waals surface area contributed by atoms with Gasteiger partial charge in [0.15, 0.2) is 0 Å². The second kappa shape index (κ2) is 8.21. The van der Waals surface area contributed by atoms with Crippen LogP contribution in [-0.4, -0.2) is 19.6 Å². The van der Waals surface area contributed by atoms with Gasteiger partial charge in [-0.05, 0) is 59.5 Å². The van der Waals surface area contributed by atoms with Crippen molar-refractivity contribution in [3.8, 4) is 16.9 Å². The Morgan fingerprint density at radius 1 is 0.962 bits per heavy atom. The first-order valence-corrected chi connectivity index (χ1v) is 8.53. The van der Waals surface area contributed by atoms with E-state index in [1.54, 1.807) is 7.11 Å². The summed E-state index contributed by atoms with van der Waals surface area (Å²) in [6.07, 6.45) is 0.768. The van der Waals surface area contributed by atoms with Crippen LogP contribution in [-0.2, 0) is 6.42 Å². The number of benzene rings is 3. The summed E-state index contributed by atoms with van der Waals surface area (Å²) in [6, 6.07) is 23.1. The number of anilines is 1. The minimum atomic E-state index is -0.0794. The van der Waals surface area contributed by atoms with Crippen LogP contribution < -0.4 is 15.8 Å². The van der Waals surface area contributed by atoms with E-state index in [0.29, 0.717) is 17.8 Å². The molecule has 0 fully saturated rings. The smallest absolute Gasteiger partial charge is 0.251 e. The fraction of sp³-hybridized carbons (Fsp3) is 0.136. The van der Waals surface area contributed by atoms with Gasteiger partial charge < -0.3 is 15.8 Å². The maximum absolute atomic E-state index is 12.4.